The summed E-state index contributed by atoms with van der Waals surface area (Å²) in [5.74, 6) is 0.527. The number of hydrogen-bond donors (Lipinski definition) is 1. The van der Waals surface area contributed by atoms with Crippen molar-refractivity contribution in [1.29, 1.82) is 0 Å². The molecule has 0 saturated carbocycles. The molecule has 1 atom stereocenters. The summed E-state index contributed by atoms with van der Waals surface area (Å²) in [4.78, 5) is 31.7. The van der Waals surface area contributed by atoms with E-state index in [1.54, 1.807) is 0 Å². The number of benzene rings is 1. The molecule has 24 heavy (non-hydrogen) atoms. The van der Waals surface area contributed by atoms with E-state index >= 15 is 0 Å². The van der Waals surface area contributed by atoms with Gasteiger partial charge in [0, 0.05) is 6.54 Å². The largest absolute Gasteiger partial charge is 0.493 e. The molecule has 0 aromatic heterocycles. The number of carbonyl (C=O) groups is 1. The van der Waals surface area contributed by atoms with Crippen LogP contribution in [0.4, 0.5) is 10.5 Å². The van der Waals surface area contributed by atoms with E-state index in [-0.39, 0.29) is 17.0 Å². The lowest BCUT2D eigenvalue weighted by molar-refractivity contribution is -0.387. The van der Waals surface area contributed by atoms with E-state index < -0.39 is 17.1 Å². The standard InChI is InChI=1S/C15H22N2O7/c1-5-6-7-16-15(18)24-23-10(2)11-8-13(21-3)14(22-4)9-12(11)17(19)20/h8-10H,5-7H2,1-4H3,(H,16,18). The topological polar surface area (TPSA) is 109 Å². The molecule has 9 heteroatoms. The number of rotatable bonds is 9. The number of unbranched alkanes of at least 4 members (excludes halogenated alkanes) is 1. The van der Waals surface area contributed by atoms with Crippen LogP contribution in [-0.4, -0.2) is 31.8 Å². The first-order valence-electron chi connectivity index (χ1n) is 7.46. The number of nitrogens with one attached hydrogen (secondary N) is 1. The van der Waals surface area contributed by atoms with E-state index in [9.17, 15) is 14.9 Å². The average molecular weight is 342 g/mol. The fraction of sp³-hybridized carbons (Fsp3) is 0.533. The van der Waals surface area contributed by atoms with Crippen LogP contribution in [0.15, 0.2) is 12.1 Å². The lowest BCUT2D eigenvalue weighted by atomic mass is 10.1. The van der Waals surface area contributed by atoms with Crippen molar-refractivity contribution >= 4 is 11.8 Å². The zero-order valence-electron chi connectivity index (χ0n) is 14.2. The van der Waals surface area contributed by atoms with Crippen LogP contribution < -0.4 is 14.8 Å². The quantitative estimate of drug-likeness (QED) is 0.318. The molecule has 0 aliphatic heterocycles. The third-order valence-electron chi connectivity index (χ3n) is 3.24. The van der Waals surface area contributed by atoms with Crippen molar-refractivity contribution in [2.75, 3.05) is 20.8 Å². The van der Waals surface area contributed by atoms with Gasteiger partial charge in [-0.15, -0.1) is 0 Å². The predicted molar refractivity (Wildman–Crippen MR) is 85.1 cm³/mol. The Morgan fingerprint density at radius 1 is 1.29 bits per heavy atom. The summed E-state index contributed by atoms with van der Waals surface area (Å²) in [6.45, 7) is 3.97. The van der Waals surface area contributed by atoms with E-state index in [2.05, 4.69) is 10.2 Å². The summed E-state index contributed by atoms with van der Waals surface area (Å²) < 4.78 is 10.2. The van der Waals surface area contributed by atoms with Crippen LogP contribution >= 0.6 is 0 Å². The first-order chi connectivity index (χ1) is 11.4. The molecule has 0 fully saturated rings. The van der Waals surface area contributed by atoms with Gasteiger partial charge < -0.3 is 14.8 Å². The fourth-order valence-electron chi connectivity index (χ4n) is 1.93. The smallest absolute Gasteiger partial charge is 0.438 e. The number of carbonyl (C=O) groups excluding carboxylic acids is 1. The van der Waals surface area contributed by atoms with Crippen molar-refractivity contribution < 1.29 is 29.0 Å². The molecule has 0 bridgehead atoms. The van der Waals surface area contributed by atoms with Crippen molar-refractivity contribution in [3.63, 3.8) is 0 Å². The Kier molecular flexibility index (Phi) is 7.76. The summed E-state index contributed by atoms with van der Waals surface area (Å²) >= 11 is 0. The number of nitro benzene ring substituents is 1. The molecule has 1 aromatic rings. The minimum absolute atomic E-state index is 0.194. The molecule has 1 unspecified atom stereocenters. The van der Waals surface area contributed by atoms with Crippen molar-refractivity contribution in [3.05, 3.63) is 27.8 Å². The second kappa shape index (κ2) is 9.56. The van der Waals surface area contributed by atoms with Crippen LogP contribution in [0.5, 0.6) is 11.5 Å². The van der Waals surface area contributed by atoms with Gasteiger partial charge in [0.25, 0.3) is 5.69 Å². The molecule has 0 heterocycles. The molecule has 1 aromatic carbocycles. The van der Waals surface area contributed by atoms with Gasteiger partial charge in [0.2, 0.25) is 0 Å². The minimum Gasteiger partial charge on any atom is -0.493 e. The van der Waals surface area contributed by atoms with Crippen LogP contribution in [0.2, 0.25) is 0 Å². The molecule has 1 amide bonds. The first-order valence-corrected chi connectivity index (χ1v) is 7.46. The van der Waals surface area contributed by atoms with Crippen LogP contribution in [0.3, 0.4) is 0 Å². The van der Waals surface area contributed by atoms with Gasteiger partial charge in [-0.2, -0.15) is 4.89 Å². The van der Waals surface area contributed by atoms with E-state index in [4.69, 9.17) is 14.4 Å². The molecule has 1 rings (SSSR count). The van der Waals surface area contributed by atoms with E-state index in [0.717, 1.165) is 12.8 Å². The monoisotopic (exact) mass is 342 g/mol. The highest BCUT2D eigenvalue weighted by Crippen LogP contribution is 2.38. The van der Waals surface area contributed by atoms with Gasteiger partial charge >= 0.3 is 6.09 Å². The van der Waals surface area contributed by atoms with Gasteiger partial charge in [0.15, 0.2) is 11.5 Å². The number of hydrogen-bond acceptors (Lipinski definition) is 7. The molecule has 1 N–H and O–H groups in total. The third-order valence-corrected chi connectivity index (χ3v) is 3.24. The highest BCUT2D eigenvalue weighted by Gasteiger charge is 2.25. The zero-order valence-corrected chi connectivity index (χ0v) is 14.2. The summed E-state index contributed by atoms with van der Waals surface area (Å²) in [5.41, 5.74) is -0.0332. The van der Waals surface area contributed by atoms with Gasteiger partial charge in [-0.3, -0.25) is 15.0 Å². The molecule has 9 nitrogen and oxygen atoms in total. The zero-order chi connectivity index (χ0) is 18.1. The molecular formula is C15H22N2O7. The Bertz CT molecular complexity index is 577. The van der Waals surface area contributed by atoms with E-state index in [1.165, 1.54) is 33.3 Å². The highest BCUT2D eigenvalue weighted by atomic mass is 17.2. The Balaban J connectivity index is 2.86. The van der Waals surface area contributed by atoms with Crippen molar-refractivity contribution in [2.24, 2.45) is 0 Å². The maximum atomic E-state index is 11.5. The maximum Gasteiger partial charge on any atom is 0.438 e. The Hall–Kier alpha value is -2.55. The molecule has 0 aliphatic carbocycles. The van der Waals surface area contributed by atoms with Crippen LogP contribution in [0.1, 0.15) is 38.4 Å². The predicted octanol–water partition coefficient (Wildman–Crippen LogP) is 3.13. The molecule has 0 radical (unpaired) electrons. The summed E-state index contributed by atoms with van der Waals surface area (Å²) in [6.07, 6.45) is 0.113. The Morgan fingerprint density at radius 3 is 2.46 bits per heavy atom. The SMILES string of the molecule is CCCCNC(=O)OOC(C)c1cc(OC)c(OC)cc1[N+](=O)[O-]. The van der Waals surface area contributed by atoms with Gasteiger partial charge in [-0.1, -0.05) is 13.3 Å². The number of methoxy groups -OCH3 is 2. The summed E-state index contributed by atoms with van der Waals surface area (Å²) in [7, 11) is 2.79. The van der Waals surface area contributed by atoms with Crippen molar-refractivity contribution in [1.82, 2.24) is 5.32 Å². The summed E-state index contributed by atoms with van der Waals surface area (Å²) in [5, 5.41) is 13.7. The van der Waals surface area contributed by atoms with E-state index in [0.29, 0.717) is 12.3 Å². The van der Waals surface area contributed by atoms with Crippen molar-refractivity contribution in [3.8, 4) is 11.5 Å². The molecular weight excluding hydrogens is 320 g/mol. The summed E-state index contributed by atoms with van der Waals surface area (Å²) in [6, 6.07) is 2.65. The second-order valence-electron chi connectivity index (χ2n) is 4.91. The highest BCUT2D eigenvalue weighted by molar-refractivity contribution is 5.66. The molecule has 0 saturated heterocycles. The Labute approximate surface area is 139 Å². The number of nitro groups is 1. The second-order valence-corrected chi connectivity index (χ2v) is 4.91. The first kappa shape index (κ1) is 19.5. The third kappa shape index (κ3) is 5.27. The van der Waals surface area contributed by atoms with Gasteiger partial charge in [-0.25, -0.2) is 4.79 Å². The maximum absolute atomic E-state index is 11.5. The van der Waals surface area contributed by atoms with Gasteiger partial charge in [0.1, 0.15) is 6.10 Å². The Morgan fingerprint density at radius 2 is 1.92 bits per heavy atom. The van der Waals surface area contributed by atoms with Gasteiger partial charge in [0.05, 0.1) is 30.8 Å². The molecule has 0 spiro atoms. The minimum atomic E-state index is -0.873. The van der Waals surface area contributed by atoms with Crippen LogP contribution in [0.25, 0.3) is 0 Å². The lowest BCUT2D eigenvalue weighted by Crippen LogP contribution is -2.25. The number of amides is 1. The van der Waals surface area contributed by atoms with Crippen LogP contribution in [0, 0.1) is 10.1 Å². The van der Waals surface area contributed by atoms with Crippen molar-refractivity contribution in [2.45, 2.75) is 32.8 Å². The van der Waals surface area contributed by atoms with Gasteiger partial charge in [-0.05, 0) is 19.4 Å². The normalized spacial score (nSPS) is 11.5. The fourth-order valence-corrected chi connectivity index (χ4v) is 1.93. The number of ether oxygens (including phenoxy) is 2. The molecule has 0 aliphatic rings. The number of nitrogens with zero attached hydrogens (tertiary/aromatic N) is 1. The average Bonchev–Trinajstić information content (AvgIpc) is 2.58. The van der Waals surface area contributed by atoms with E-state index in [1.807, 2.05) is 6.92 Å². The lowest BCUT2D eigenvalue weighted by Gasteiger charge is -2.15. The molecule has 134 valence electrons. The van der Waals surface area contributed by atoms with Crippen LogP contribution in [-0.2, 0) is 9.78 Å².